The van der Waals surface area contributed by atoms with E-state index in [4.69, 9.17) is 9.84 Å². The Hall–Kier alpha value is -1.84. The van der Waals surface area contributed by atoms with Gasteiger partial charge in [-0.1, -0.05) is 43.2 Å². The maximum absolute atomic E-state index is 11.2. The molecular weight excluding hydrogens is 256 g/mol. The average molecular weight is 278 g/mol. The maximum Gasteiger partial charge on any atom is 0.303 e. The number of carboxylic acids is 1. The van der Waals surface area contributed by atoms with Crippen molar-refractivity contribution < 1.29 is 19.4 Å². The van der Waals surface area contributed by atoms with Crippen molar-refractivity contribution in [2.24, 2.45) is 0 Å². The second kappa shape index (κ2) is 9.13. The molecule has 0 saturated carbocycles. The van der Waals surface area contributed by atoms with Gasteiger partial charge in [0.2, 0.25) is 0 Å². The van der Waals surface area contributed by atoms with Gasteiger partial charge in [0.05, 0.1) is 0 Å². The Morgan fingerprint density at radius 2 is 1.75 bits per heavy atom. The number of hydrogen-bond acceptors (Lipinski definition) is 3. The molecule has 4 nitrogen and oxygen atoms in total. The maximum atomic E-state index is 11.2. The third-order valence-electron chi connectivity index (χ3n) is 3.09. The van der Waals surface area contributed by atoms with Crippen molar-refractivity contribution >= 4 is 11.9 Å². The van der Waals surface area contributed by atoms with Crippen molar-refractivity contribution in [2.75, 3.05) is 0 Å². The largest absolute Gasteiger partial charge is 0.481 e. The van der Waals surface area contributed by atoms with Crippen LogP contribution in [-0.4, -0.2) is 17.0 Å². The highest BCUT2D eigenvalue weighted by molar-refractivity contribution is 5.66. The molecule has 0 heterocycles. The molecule has 0 aliphatic heterocycles. The number of rotatable bonds is 9. The Morgan fingerprint density at radius 1 is 1.10 bits per heavy atom. The van der Waals surface area contributed by atoms with Crippen LogP contribution in [0.25, 0.3) is 0 Å². The minimum Gasteiger partial charge on any atom is -0.481 e. The zero-order valence-corrected chi connectivity index (χ0v) is 11.9. The predicted octanol–water partition coefficient (Wildman–Crippen LogP) is 3.72. The SMILES string of the molecule is CC(=O)OC(CCCCCCC(=O)O)c1ccccc1. The summed E-state index contributed by atoms with van der Waals surface area (Å²) in [6.07, 6.45) is 4.29. The standard InChI is InChI=1S/C16H22O4/c1-13(17)20-15(14-9-5-4-6-10-14)11-7-2-3-8-12-16(18)19/h4-6,9-10,15H,2-3,7-8,11-12H2,1H3,(H,18,19). The Labute approximate surface area is 119 Å². The molecule has 0 radical (unpaired) electrons. The molecule has 0 bridgehead atoms. The highest BCUT2D eigenvalue weighted by Gasteiger charge is 2.13. The van der Waals surface area contributed by atoms with Crippen LogP contribution in [-0.2, 0) is 14.3 Å². The molecule has 0 aliphatic rings. The van der Waals surface area contributed by atoms with Crippen molar-refractivity contribution in [3.05, 3.63) is 35.9 Å². The first-order valence-corrected chi connectivity index (χ1v) is 7.03. The van der Waals surface area contributed by atoms with E-state index in [0.29, 0.717) is 6.42 Å². The van der Waals surface area contributed by atoms with Crippen LogP contribution in [0.2, 0.25) is 0 Å². The molecule has 0 amide bonds. The molecule has 1 N–H and O–H groups in total. The number of ether oxygens (including phenoxy) is 1. The molecule has 110 valence electrons. The lowest BCUT2D eigenvalue weighted by Gasteiger charge is -2.17. The predicted molar refractivity (Wildman–Crippen MR) is 76.3 cm³/mol. The summed E-state index contributed by atoms with van der Waals surface area (Å²) in [7, 11) is 0. The molecule has 1 aromatic carbocycles. The summed E-state index contributed by atoms with van der Waals surface area (Å²) in [5, 5.41) is 8.55. The molecule has 1 atom stereocenters. The molecule has 1 unspecified atom stereocenters. The van der Waals surface area contributed by atoms with E-state index in [2.05, 4.69) is 0 Å². The third-order valence-corrected chi connectivity index (χ3v) is 3.09. The summed E-state index contributed by atoms with van der Waals surface area (Å²) in [4.78, 5) is 21.5. The average Bonchev–Trinajstić information content (AvgIpc) is 2.41. The van der Waals surface area contributed by atoms with E-state index in [-0.39, 0.29) is 18.5 Å². The van der Waals surface area contributed by atoms with E-state index in [1.165, 1.54) is 6.92 Å². The first-order chi connectivity index (χ1) is 9.59. The van der Waals surface area contributed by atoms with Crippen molar-refractivity contribution in [3.8, 4) is 0 Å². The summed E-state index contributed by atoms with van der Waals surface area (Å²) >= 11 is 0. The van der Waals surface area contributed by atoms with Gasteiger partial charge in [0.25, 0.3) is 0 Å². The third kappa shape index (κ3) is 6.92. The van der Waals surface area contributed by atoms with Gasteiger partial charge in [0, 0.05) is 13.3 Å². The van der Waals surface area contributed by atoms with Gasteiger partial charge in [-0.05, 0) is 24.8 Å². The normalized spacial score (nSPS) is 11.8. The van der Waals surface area contributed by atoms with Crippen LogP contribution >= 0.6 is 0 Å². The molecule has 0 aliphatic carbocycles. The number of carboxylic acid groups (broad SMARTS) is 1. The lowest BCUT2D eigenvalue weighted by atomic mass is 10.0. The van der Waals surface area contributed by atoms with Crippen molar-refractivity contribution in [1.82, 2.24) is 0 Å². The number of esters is 1. The molecule has 1 aromatic rings. The van der Waals surface area contributed by atoms with Crippen LogP contribution in [0.15, 0.2) is 30.3 Å². The summed E-state index contributed by atoms with van der Waals surface area (Å²) < 4.78 is 5.35. The van der Waals surface area contributed by atoms with Crippen LogP contribution in [0.1, 0.15) is 57.1 Å². The minimum atomic E-state index is -0.743. The van der Waals surface area contributed by atoms with Gasteiger partial charge >= 0.3 is 11.9 Å². The van der Waals surface area contributed by atoms with Crippen molar-refractivity contribution in [2.45, 2.75) is 51.6 Å². The van der Waals surface area contributed by atoms with Gasteiger partial charge in [0.15, 0.2) is 0 Å². The molecule has 4 heteroatoms. The number of unbranched alkanes of at least 4 members (excludes halogenated alkanes) is 3. The fourth-order valence-corrected chi connectivity index (χ4v) is 2.12. The zero-order chi connectivity index (χ0) is 14.8. The molecule has 0 saturated heterocycles. The Kier molecular flexibility index (Phi) is 7.40. The highest BCUT2D eigenvalue weighted by Crippen LogP contribution is 2.24. The molecular formula is C16H22O4. The van der Waals surface area contributed by atoms with Crippen LogP contribution in [0.3, 0.4) is 0 Å². The van der Waals surface area contributed by atoms with Crippen molar-refractivity contribution in [1.29, 1.82) is 0 Å². The summed E-state index contributed by atoms with van der Waals surface area (Å²) in [5.41, 5.74) is 1.01. The Morgan fingerprint density at radius 3 is 2.35 bits per heavy atom. The zero-order valence-electron chi connectivity index (χ0n) is 11.9. The number of carbonyl (C=O) groups is 2. The van der Waals surface area contributed by atoms with Crippen molar-refractivity contribution in [3.63, 3.8) is 0 Å². The van der Waals surface area contributed by atoms with Crippen LogP contribution in [0.4, 0.5) is 0 Å². The summed E-state index contributed by atoms with van der Waals surface area (Å²) in [6, 6.07) is 9.70. The quantitative estimate of drug-likeness (QED) is 0.552. The Balaban J connectivity index is 2.35. The number of hydrogen-bond donors (Lipinski definition) is 1. The molecule has 0 aromatic heterocycles. The second-order valence-electron chi connectivity index (χ2n) is 4.86. The number of carbonyl (C=O) groups excluding carboxylic acids is 1. The fourth-order valence-electron chi connectivity index (χ4n) is 2.12. The molecule has 20 heavy (non-hydrogen) atoms. The first kappa shape index (κ1) is 16.2. The molecule has 0 fully saturated rings. The molecule has 0 spiro atoms. The lowest BCUT2D eigenvalue weighted by molar-refractivity contribution is -0.147. The van der Waals surface area contributed by atoms with Crippen LogP contribution < -0.4 is 0 Å². The van der Waals surface area contributed by atoms with E-state index in [1.807, 2.05) is 30.3 Å². The van der Waals surface area contributed by atoms with E-state index >= 15 is 0 Å². The monoisotopic (exact) mass is 278 g/mol. The fraction of sp³-hybridized carbons (Fsp3) is 0.500. The Bertz CT molecular complexity index is 414. The van der Waals surface area contributed by atoms with Crippen LogP contribution in [0, 0.1) is 0 Å². The van der Waals surface area contributed by atoms with Gasteiger partial charge < -0.3 is 9.84 Å². The van der Waals surface area contributed by atoms with Crippen LogP contribution in [0.5, 0.6) is 0 Å². The smallest absolute Gasteiger partial charge is 0.303 e. The summed E-state index contributed by atoms with van der Waals surface area (Å²) in [5.74, 6) is -1.02. The summed E-state index contributed by atoms with van der Waals surface area (Å²) in [6.45, 7) is 1.42. The van der Waals surface area contributed by atoms with E-state index in [9.17, 15) is 9.59 Å². The molecule has 1 rings (SSSR count). The van der Waals surface area contributed by atoms with E-state index in [0.717, 1.165) is 31.2 Å². The topological polar surface area (TPSA) is 63.6 Å². The van der Waals surface area contributed by atoms with Gasteiger partial charge in [-0.25, -0.2) is 0 Å². The highest BCUT2D eigenvalue weighted by atomic mass is 16.5. The number of benzene rings is 1. The van der Waals surface area contributed by atoms with Gasteiger partial charge in [-0.15, -0.1) is 0 Å². The van der Waals surface area contributed by atoms with Gasteiger partial charge in [0.1, 0.15) is 6.10 Å². The number of aliphatic carboxylic acids is 1. The van der Waals surface area contributed by atoms with Gasteiger partial charge in [-0.2, -0.15) is 0 Å². The first-order valence-electron chi connectivity index (χ1n) is 7.03. The minimum absolute atomic E-state index is 0.201. The second-order valence-corrected chi connectivity index (χ2v) is 4.86. The van der Waals surface area contributed by atoms with E-state index in [1.54, 1.807) is 0 Å². The van der Waals surface area contributed by atoms with Gasteiger partial charge in [-0.3, -0.25) is 9.59 Å². The van der Waals surface area contributed by atoms with E-state index < -0.39 is 5.97 Å². The lowest BCUT2D eigenvalue weighted by Crippen LogP contribution is -2.08.